The molecule has 0 aliphatic heterocycles. The Morgan fingerprint density at radius 2 is 1.73 bits per heavy atom. The standard InChI is InChI=1S/C7H19N3S/c1-6(11)7(9-3,10-4)5-8-2/h6,8-11H,5H2,1-4H3/t6-/m0/s1. The summed E-state index contributed by atoms with van der Waals surface area (Å²) in [4.78, 5) is 0. The average Bonchev–Trinajstić information content (AvgIpc) is 2.00. The second-order valence-corrected chi connectivity index (χ2v) is 3.45. The third-order valence-electron chi connectivity index (χ3n) is 2.06. The smallest absolute Gasteiger partial charge is 0.0926 e. The van der Waals surface area contributed by atoms with E-state index in [1.54, 1.807) is 0 Å². The maximum absolute atomic E-state index is 4.41. The number of hydrogen-bond donors (Lipinski definition) is 4. The van der Waals surface area contributed by atoms with Crippen LogP contribution in [0.4, 0.5) is 0 Å². The van der Waals surface area contributed by atoms with Gasteiger partial charge in [-0.05, 0) is 21.1 Å². The lowest BCUT2D eigenvalue weighted by molar-refractivity contribution is 0.287. The second kappa shape index (κ2) is 4.98. The molecule has 0 fully saturated rings. The van der Waals surface area contributed by atoms with E-state index in [0.717, 1.165) is 6.54 Å². The summed E-state index contributed by atoms with van der Waals surface area (Å²) in [7, 11) is 5.79. The number of rotatable bonds is 5. The number of thiol groups is 1. The Bertz CT molecular complexity index is 102. The molecule has 0 saturated carbocycles. The van der Waals surface area contributed by atoms with Crippen molar-refractivity contribution in [3.05, 3.63) is 0 Å². The van der Waals surface area contributed by atoms with E-state index in [1.807, 2.05) is 21.1 Å². The molecule has 0 aliphatic rings. The lowest BCUT2D eigenvalue weighted by Crippen LogP contribution is -2.64. The summed E-state index contributed by atoms with van der Waals surface area (Å²) < 4.78 is 0. The third kappa shape index (κ3) is 2.63. The normalized spacial score (nSPS) is 15.0. The van der Waals surface area contributed by atoms with Crippen molar-refractivity contribution in [2.24, 2.45) is 0 Å². The third-order valence-corrected chi connectivity index (χ3v) is 2.50. The molecule has 0 amide bonds. The molecule has 0 aromatic heterocycles. The van der Waals surface area contributed by atoms with Gasteiger partial charge in [-0.25, -0.2) is 0 Å². The van der Waals surface area contributed by atoms with Crippen molar-refractivity contribution in [3.63, 3.8) is 0 Å². The highest BCUT2D eigenvalue weighted by molar-refractivity contribution is 7.81. The first-order valence-electron chi connectivity index (χ1n) is 3.83. The zero-order chi connectivity index (χ0) is 8.91. The van der Waals surface area contributed by atoms with Gasteiger partial charge in [-0.3, -0.25) is 0 Å². The summed E-state index contributed by atoms with van der Waals surface area (Å²) in [5, 5.41) is 9.80. The molecule has 0 bridgehead atoms. The van der Waals surface area contributed by atoms with E-state index in [-0.39, 0.29) is 10.9 Å². The van der Waals surface area contributed by atoms with Gasteiger partial charge in [0.25, 0.3) is 0 Å². The van der Waals surface area contributed by atoms with Crippen LogP contribution < -0.4 is 16.0 Å². The van der Waals surface area contributed by atoms with Crippen molar-refractivity contribution in [1.82, 2.24) is 16.0 Å². The van der Waals surface area contributed by atoms with Gasteiger partial charge in [0, 0.05) is 11.8 Å². The molecule has 0 heterocycles. The Labute approximate surface area is 74.7 Å². The van der Waals surface area contributed by atoms with E-state index < -0.39 is 0 Å². The molecule has 0 aromatic rings. The van der Waals surface area contributed by atoms with Crippen molar-refractivity contribution < 1.29 is 0 Å². The van der Waals surface area contributed by atoms with Gasteiger partial charge in [0.1, 0.15) is 0 Å². The Morgan fingerprint density at radius 3 is 1.82 bits per heavy atom. The predicted molar refractivity (Wildman–Crippen MR) is 53.2 cm³/mol. The van der Waals surface area contributed by atoms with Crippen molar-refractivity contribution in [3.8, 4) is 0 Å². The molecule has 11 heavy (non-hydrogen) atoms. The highest BCUT2D eigenvalue weighted by Crippen LogP contribution is 2.10. The molecular weight excluding hydrogens is 158 g/mol. The number of likely N-dealkylation sites (N-methyl/N-ethyl adjacent to an activating group) is 3. The Morgan fingerprint density at radius 1 is 1.27 bits per heavy atom. The summed E-state index contributed by atoms with van der Waals surface area (Å²) in [6, 6.07) is 0. The molecule has 68 valence electrons. The summed E-state index contributed by atoms with van der Waals surface area (Å²) >= 11 is 4.41. The minimum atomic E-state index is -0.113. The van der Waals surface area contributed by atoms with Gasteiger partial charge in [-0.1, -0.05) is 6.92 Å². The van der Waals surface area contributed by atoms with Crippen LogP contribution in [0.15, 0.2) is 0 Å². The molecule has 0 rings (SSSR count). The SMILES string of the molecule is CNCC(NC)(NC)[C@H](C)S. The maximum Gasteiger partial charge on any atom is 0.0926 e. The van der Waals surface area contributed by atoms with Gasteiger partial charge in [0.15, 0.2) is 0 Å². The van der Waals surface area contributed by atoms with Gasteiger partial charge in [-0.2, -0.15) is 12.6 Å². The monoisotopic (exact) mass is 177 g/mol. The van der Waals surface area contributed by atoms with Crippen LogP contribution in [0.1, 0.15) is 6.92 Å². The predicted octanol–water partition coefficient (Wildman–Crippen LogP) is -0.341. The second-order valence-electron chi connectivity index (χ2n) is 2.68. The van der Waals surface area contributed by atoms with E-state index in [0.29, 0.717) is 0 Å². The lowest BCUT2D eigenvalue weighted by atomic mass is 10.1. The topological polar surface area (TPSA) is 36.1 Å². The highest BCUT2D eigenvalue weighted by Gasteiger charge is 2.29. The molecule has 0 unspecified atom stereocenters. The van der Waals surface area contributed by atoms with E-state index in [4.69, 9.17) is 0 Å². The van der Waals surface area contributed by atoms with Crippen molar-refractivity contribution in [2.75, 3.05) is 27.7 Å². The molecular formula is C7H19N3S. The Hall–Kier alpha value is 0.230. The Kier molecular flexibility index (Phi) is 5.08. The summed E-state index contributed by atoms with van der Waals surface area (Å²) in [5.74, 6) is 0. The molecule has 0 aromatic carbocycles. The Balaban J connectivity index is 4.20. The molecule has 3 nitrogen and oxygen atoms in total. The van der Waals surface area contributed by atoms with Crippen LogP contribution in [-0.2, 0) is 0 Å². The minimum Gasteiger partial charge on any atom is -0.317 e. The van der Waals surface area contributed by atoms with Crippen molar-refractivity contribution >= 4 is 12.6 Å². The highest BCUT2D eigenvalue weighted by atomic mass is 32.1. The van der Waals surface area contributed by atoms with Gasteiger partial charge in [0.2, 0.25) is 0 Å². The van der Waals surface area contributed by atoms with E-state index in [2.05, 4.69) is 35.5 Å². The zero-order valence-electron chi connectivity index (χ0n) is 7.73. The van der Waals surface area contributed by atoms with Crippen LogP contribution in [0, 0.1) is 0 Å². The van der Waals surface area contributed by atoms with Crippen LogP contribution in [0.25, 0.3) is 0 Å². The van der Waals surface area contributed by atoms with E-state index >= 15 is 0 Å². The maximum atomic E-state index is 4.41. The summed E-state index contributed by atoms with van der Waals surface area (Å²) in [5.41, 5.74) is -0.113. The fourth-order valence-corrected chi connectivity index (χ4v) is 1.50. The quantitative estimate of drug-likeness (QED) is 0.343. The minimum absolute atomic E-state index is 0.113. The summed E-state index contributed by atoms with van der Waals surface area (Å²) in [6.07, 6.45) is 0. The molecule has 3 N–H and O–H groups in total. The molecule has 0 saturated heterocycles. The van der Waals surface area contributed by atoms with E-state index in [9.17, 15) is 0 Å². The molecule has 0 spiro atoms. The number of hydrogen-bond acceptors (Lipinski definition) is 4. The van der Waals surface area contributed by atoms with Crippen LogP contribution >= 0.6 is 12.6 Å². The van der Waals surface area contributed by atoms with Crippen LogP contribution in [-0.4, -0.2) is 38.6 Å². The van der Waals surface area contributed by atoms with Crippen LogP contribution in [0.5, 0.6) is 0 Å². The summed E-state index contributed by atoms with van der Waals surface area (Å²) in [6.45, 7) is 2.91. The molecule has 0 aliphatic carbocycles. The fraction of sp³-hybridized carbons (Fsp3) is 1.00. The molecule has 0 radical (unpaired) electrons. The fourth-order valence-electron chi connectivity index (χ4n) is 1.15. The van der Waals surface area contributed by atoms with E-state index in [1.165, 1.54) is 0 Å². The van der Waals surface area contributed by atoms with Crippen molar-refractivity contribution in [1.29, 1.82) is 0 Å². The first-order valence-corrected chi connectivity index (χ1v) is 4.35. The van der Waals surface area contributed by atoms with Gasteiger partial charge < -0.3 is 16.0 Å². The van der Waals surface area contributed by atoms with Gasteiger partial charge in [-0.15, -0.1) is 0 Å². The largest absolute Gasteiger partial charge is 0.317 e. The lowest BCUT2D eigenvalue weighted by Gasteiger charge is -2.36. The first kappa shape index (κ1) is 11.2. The average molecular weight is 177 g/mol. The van der Waals surface area contributed by atoms with Gasteiger partial charge in [0.05, 0.1) is 5.66 Å². The first-order chi connectivity index (χ1) is 5.13. The molecule has 4 heteroatoms. The van der Waals surface area contributed by atoms with Crippen LogP contribution in [0.2, 0.25) is 0 Å². The molecule has 1 atom stereocenters. The van der Waals surface area contributed by atoms with Gasteiger partial charge >= 0.3 is 0 Å². The zero-order valence-corrected chi connectivity index (χ0v) is 8.63. The van der Waals surface area contributed by atoms with Crippen LogP contribution in [0.3, 0.4) is 0 Å². The van der Waals surface area contributed by atoms with Crippen molar-refractivity contribution in [2.45, 2.75) is 17.8 Å². The number of nitrogens with one attached hydrogen (secondary N) is 3.